The fourth-order valence-electron chi connectivity index (χ4n) is 3.24. The van der Waals surface area contributed by atoms with Crippen LogP contribution < -0.4 is 0 Å². The molecule has 0 radical (unpaired) electrons. The zero-order valence-corrected chi connectivity index (χ0v) is 12.4. The number of hydrogen-bond acceptors (Lipinski definition) is 2. The second-order valence-corrected chi connectivity index (χ2v) is 7.33. The van der Waals surface area contributed by atoms with Gasteiger partial charge in [0.1, 0.15) is 0 Å². The van der Waals surface area contributed by atoms with Crippen molar-refractivity contribution in [3.63, 3.8) is 0 Å². The predicted octanol–water partition coefficient (Wildman–Crippen LogP) is 4.29. The van der Waals surface area contributed by atoms with E-state index in [2.05, 4.69) is 37.7 Å². The highest BCUT2D eigenvalue weighted by Crippen LogP contribution is 2.47. The van der Waals surface area contributed by atoms with Gasteiger partial charge in [-0.25, -0.2) is 0 Å². The van der Waals surface area contributed by atoms with E-state index in [-0.39, 0.29) is 0 Å². The van der Waals surface area contributed by atoms with E-state index in [1.165, 1.54) is 38.5 Å². The lowest BCUT2D eigenvalue weighted by atomic mass is 9.63. The second kappa shape index (κ2) is 5.14. The monoisotopic (exact) mass is 248 g/mol. The molecule has 18 heavy (non-hydrogen) atoms. The molecule has 1 aliphatic carbocycles. The molecule has 1 heterocycles. The minimum absolute atomic E-state index is 0.383. The van der Waals surface area contributed by atoms with Crippen LogP contribution in [0, 0.1) is 10.8 Å². The van der Waals surface area contributed by atoms with Crippen molar-refractivity contribution in [1.29, 1.82) is 0 Å². The van der Waals surface area contributed by atoms with Crippen LogP contribution in [0.2, 0.25) is 0 Å². The van der Waals surface area contributed by atoms with Crippen LogP contribution in [0.15, 0.2) is 9.98 Å². The Bertz CT molecular complexity index is 337. The third-order valence-corrected chi connectivity index (χ3v) is 5.35. The summed E-state index contributed by atoms with van der Waals surface area (Å²) in [5.41, 5.74) is 0.826. The van der Waals surface area contributed by atoms with Crippen molar-refractivity contribution >= 4 is 12.4 Å². The summed E-state index contributed by atoms with van der Waals surface area (Å²) in [6.45, 7) is 9.66. The summed E-state index contributed by atoms with van der Waals surface area (Å²) >= 11 is 0. The van der Waals surface area contributed by atoms with Gasteiger partial charge in [-0.15, -0.1) is 0 Å². The summed E-state index contributed by atoms with van der Waals surface area (Å²) in [6, 6.07) is 0.895. The Morgan fingerprint density at radius 3 is 2.17 bits per heavy atom. The van der Waals surface area contributed by atoms with E-state index in [1.54, 1.807) is 0 Å². The molecular formula is C16H28N2. The first kappa shape index (κ1) is 13.8. The largest absolute Gasteiger partial charge is 0.286 e. The second-order valence-electron chi connectivity index (χ2n) is 7.33. The van der Waals surface area contributed by atoms with Crippen LogP contribution >= 0.6 is 0 Å². The van der Waals surface area contributed by atoms with Crippen molar-refractivity contribution in [2.45, 2.75) is 78.3 Å². The van der Waals surface area contributed by atoms with E-state index >= 15 is 0 Å². The van der Waals surface area contributed by atoms with Gasteiger partial charge in [0.15, 0.2) is 0 Å². The molecule has 1 fully saturated rings. The highest BCUT2D eigenvalue weighted by atomic mass is 14.9. The van der Waals surface area contributed by atoms with Crippen LogP contribution in [0.4, 0.5) is 0 Å². The van der Waals surface area contributed by atoms with E-state index < -0.39 is 0 Å². The van der Waals surface area contributed by atoms with Crippen molar-refractivity contribution in [2.24, 2.45) is 20.8 Å². The molecule has 1 aliphatic heterocycles. The number of rotatable bonds is 0. The highest BCUT2D eigenvalue weighted by Gasteiger charge is 2.38. The molecule has 102 valence electrons. The maximum absolute atomic E-state index is 4.67. The zero-order chi connectivity index (χ0) is 13.2. The molecular weight excluding hydrogens is 220 g/mol. The molecule has 0 aromatic heterocycles. The molecule has 0 bridgehead atoms. The van der Waals surface area contributed by atoms with Crippen molar-refractivity contribution in [1.82, 2.24) is 0 Å². The quantitative estimate of drug-likeness (QED) is 0.611. The maximum Gasteiger partial charge on any atom is 0.0723 e. The van der Waals surface area contributed by atoms with Crippen molar-refractivity contribution in [3.05, 3.63) is 0 Å². The molecule has 0 amide bonds. The van der Waals surface area contributed by atoms with E-state index in [0.717, 1.165) is 0 Å². The van der Waals surface area contributed by atoms with Gasteiger partial charge in [0, 0.05) is 12.4 Å². The Kier molecular flexibility index (Phi) is 3.93. The Hall–Kier alpha value is -0.660. The Labute approximate surface area is 112 Å². The number of hydrogen-bond donors (Lipinski definition) is 0. The first-order chi connectivity index (χ1) is 8.42. The average molecular weight is 248 g/mol. The Morgan fingerprint density at radius 2 is 1.56 bits per heavy atom. The molecule has 3 unspecified atom stereocenters. The number of fused-ring (bicyclic) bond motifs is 1. The van der Waals surface area contributed by atoms with Crippen molar-refractivity contribution < 1.29 is 0 Å². The zero-order valence-electron chi connectivity index (χ0n) is 12.4. The lowest BCUT2D eigenvalue weighted by Crippen LogP contribution is -2.34. The Morgan fingerprint density at radius 1 is 0.944 bits per heavy atom. The van der Waals surface area contributed by atoms with Crippen LogP contribution in [0.25, 0.3) is 0 Å². The van der Waals surface area contributed by atoms with Gasteiger partial charge in [0.2, 0.25) is 0 Å². The lowest BCUT2D eigenvalue weighted by molar-refractivity contribution is 0.0789. The van der Waals surface area contributed by atoms with Crippen LogP contribution in [-0.2, 0) is 0 Å². The highest BCUT2D eigenvalue weighted by molar-refractivity contribution is 6.16. The minimum Gasteiger partial charge on any atom is -0.286 e. The predicted molar refractivity (Wildman–Crippen MR) is 79.8 cm³/mol. The molecule has 0 N–H and O–H groups in total. The SMILES string of the molecule is CC(C)(C)C1(C)CCCCC2N=CC=NC2CC1. The van der Waals surface area contributed by atoms with Crippen LogP contribution in [-0.4, -0.2) is 24.5 Å². The van der Waals surface area contributed by atoms with Crippen LogP contribution in [0.5, 0.6) is 0 Å². The lowest BCUT2D eigenvalue weighted by Gasteiger charge is -2.43. The summed E-state index contributed by atoms with van der Waals surface area (Å²) in [5, 5.41) is 0. The molecule has 2 rings (SSSR count). The Balaban J connectivity index is 2.12. The molecule has 0 aromatic carbocycles. The molecule has 2 heteroatoms. The molecule has 0 spiro atoms. The van der Waals surface area contributed by atoms with E-state index in [1.807, 2.05) is 12.4 Å². The summed E-state index contributed by atoms with van der Waals surface area (Å²) in [4.78, 5) is 9.30. The van der Waals surface area contributed by atoms with Crippen LogP contribution in [0.1, 0.15) is 66.2 Å². The van der Waals surface area contributed by atoms with Gasteiger partial charge in [0.05, 0.1) is 12.1 Å². The normalized spacial score (nSPS) is 37.6. The number of nitrogens with zero attached hydrogens (tertiary/aromatic N) is 2. The topological polar surface area (TPSA) is 24.7 Å². The van der Waals surface area contributed by atoms with Crippen molar-refractivity contribution in [3.8, 4) is 0 Å². The molecule has 3 atom stereocenters. The van der Waals surface area contributed by atoms with E-state index in [4.69, 9.17) is 0 Å². The smallest absolute Gasteiger partial charge is 0.0723 e. The first-order valence-corrected chi connectivity index (χ1v) is 7.47. The number of aliphatic imine (C=N–C) groups is 2. The molecule has 2 aliphatic rings. The summed E-state index contributed by atoms with van der Waals surface area (Å²) < 4.78 is 0. The van der Waals surface area contributed by atoms with Gasteiger partial charge in [-0.3, -0.25) is 9.98 Å². The first-order valence-electron chi connectivity index (χ1n) is 7.47. The minimum atomic E-state index is 0.383. The fraction of sp³-hybridized carbons (Fsp3) is 0.875. The summed E-state index contributed by atoms with van der Waals surface area (Å²) in [6.07, 6.45) is 11.5. The maximum atomic E-state index is 4.67. The molecule has 0 aromatic rings. The van der Waals surface area contributed by atoms with Gasteiger partial charge in [-0.05, 0) is 36.5 Å². The third kappa shape index (κ3) is 2.84. The average Bonchev–Trinajstić information content (AvgIpc) is 2.39. The van der Waals surface area contributed by atoms with Gasteiger partial charge in [-0.1, -0.05) is 40.5 Å². The van der Waals surface area contributed by atoms with Gasteiger partial charge in [0.25, 0.3) is 0 Å². The summed E-state index contributed by atoms with van der Waals surface area (Å²) in [7, 11) is 0. The third-order valence-electron chi connectivity index (χ3n) is 5.35. The van der Waals surface area contributed by atoms with Gasteiger partial charge >= 0.3 is 0 Å². The standard InChI is InChI=1S/C16H28N2/c1-15(2,3)16(4)9-6-5-7-13-14(8-10-16)18-12-11-17-13/h11-14H,5-10H2,1-4H3. The van der Waals surface area contributed by atoms with E-state index in [9.17, 15) is 0 Å². The van der Waals surface area contributed by atoms with Crippen LogP contribution in [0.3, 0.4) is 0 Å². The fourth-order valence-corrected chi connectivity index (χ4v) is 3.24. The van der Waals surface area contributed by atoms with E-state index in [0.29, 0.717) is 22.9 Å². The molecule has 1 saturated carbocycles. The molecule has 2 nitrogen and oxygen atoms in total. The van der Waals surface area contributed by atoms with Gasteiger partial charge in [-0.2, -0.15) is 0 Å². The van der Waals surface area contributed by atoms with Crippen molar-refractivity contribution in [2.75, 3.05) is 0 Å². The molecule has 0 saturated heterocycles. The summed E-state index contributed by atoms with van der Waals surface area (Å²) in [5.74, 6) is 0. The van der Waals surface area contributed by atoms with Gasteiger partial charge < -0.3 is 0 Å².